The zero-order chi connectivity index (χ0) is 9.03. The molecule has 0 aliphatic carbocycles. The highest BCUT2D eigenvalue weighted by atomic mass is 14.9. The molecular weight excluding hydrogens is 150 g/mol. The van der Waals surface area contributed by atoms with Crippen LogP contribution in [0, 0.1) is 11.3 Å². The molecule has 64 valence electrons. The molecule has 0 spiro atoms. The lowest BCUT2D eigenvalue weighted by molar-refractivity contribution is 0.485. The number of nitrogens with zero attached hydrogens (tertiary/aromatic N) is 1. The standard InChI is InChI=1S/C9H13N3/c1-9(2,7-10)12-6-8-3-4-11-5-8/h3-5,11-12H,6H2,1-2H3. The number of nitrogens with one attached hydrogen (secondary N) is 2. The molecule has 0 aliphatic heterocycles. The van der Waals surface area contributed by atoms with E-state index in [9.17, 15) is 0 Å². The second-order valence-corrected chi connectivity index (χ2v) is 3.31. The van der Waals surface area contributed by atoms with Gasteiger partial charge < -0.3 is 4.98 Å². The summed E-state index contributed by atoms with van der Waals surface area (Å²) < 4.78 is 0. The van der Waals surface area contributed by atoms with Gasteiger partial charge >= 0.3 is 0 Å². The molecule has 3 nitrogen and oxygen atoms in total. The largest absolute Gasteiger partial charge is 0.367 e. The first-order chi connectivity index (χ1) is 5.64. The number of H-pyrrole nitrogens is 1. The summed E-state index contributed by atoms with van der Waals surface area (Å²) in [5.74, 6) is 0. The zero-order valence-corrected chi connectivity index (χ0v) is 7.39. The number of aromatic amines is 1. The van der Waals surface area contributed by atoms with E-state index >= 15 is 0 Å². The van der Waals surface area contributed by atoms with Crippen LogP contribution in [0.15, 0.2) is 18.5 Å². The number of hydrogen-bond acceptors (Lipinski definition) is 2. The van der Waals surface area contributed by atoms with Gasteiger partial charge in [0, 0.05) is 18.9 Å². The number of aromatic nitrogens is 1. The van der Waals surface area contributed by atoms with Crippen LogP contribution in [0.1, 0.15) is 19.4 Å². The fraction of sp³-hybridized carbons (Fsp3) is 0.444. The van der Waals surface area contributed by atoms with Crippen LogP contribution in [0.25, 0.3) is 0 Å². The van der Waals surface area contributed by atoms with E-state index in [2.05, 4.69) is 16.4 Å². The number of rotatable bonds is 3. The minimum atomic E-state index is -0.447. The topological polar surface area (TPSA) is 51.6 Å². The Morgan fingerprint density at radius 3 is 2.92 bits per heavy atom. The van der Waals surface area contributed by atoms with Gasteiger partial charge in [0.1, 0.15) is 5.54 Å². The smallest absolute Gasteiger partial charge is 0.101 e. The summed E-state index contributed by atoms with van der Waals surface area (Å²) >= 11 is 0. The van der Waals surface area contributed by atoms with Crippen molar-refractivity contribution in [3.63, 3.8) is 0 Å². The highest BCUT2D eigenvalue weighted by Gasteiger charge is 2.14. The van der Waals surface area contributed by atoms with Gasteiger partial charge in [-0.3, -0.25) is 5.32 Å². The van der Waals surface area contributed by atoms with Crippen LogP contribution >= 0.6 is 0 Å². The second-order valence-electron chi connectivity index (χ2n) is 3.31. The van der Waals surface area contributed by atoms with E-state index in [-0.39, 0.29) is 0 Å². The molecule has 0 aromatic carbocycles. The fourth-order valence-electron chi connectivity index (χ4n) is 0.831. The van der Waals surface area contributed by atoms with E-state index in [0.29, 0.717) is 0 Å². The fourth-order valence-corrected chi connectivity index (χ4v) is 0.831. The molecule has 0 atom stereocenters. The Morgan fingerprint density at radius 2 is 2.42 bits per heavy atom. The first-order valence-corrected chi connectivity index (χ1v) is 3.92. The van der Waals surface area contributed by atoms with Gasteiger partial charge in [-0.2, -0.15) is 5.26 Å². The monoisotopic (exact) mass is 163 g/mol. The van der Waals surface area contributed by atoms with Crippen LogP contribution in [0.5, 0.6) is 0 Å². The highest BCUT2D eigenvalue weighted by Crippen LogP contribution is 2.02. The molecule has 0 aliphatic rings. The van der Waals surface area contributed by atoms with Crippen molar-refractivity contribution >= 4 is 0 Å². The molecule has 1 aromatic rings. The summed E-state index contributed by atoms with van der Waals surface area (Å²) in [5.41, 5.74) is 0.718. The lowest BCUT2D eigenvalue weighted by Gasteiger charge is -2.16. The van der Waals surface area contributed by atoms with Gasteiger partial charge in [-0.15, -0.1) is 0 Å². The lowest BCUT2D eigenvalue weighted by atomic mass is 10.1. The summed E-state index contributed by atoms with van der Waals surface area (Å²) in [5, 5.41) is 11.8. The van der Waals surface area contributed by atoms with Crippen LogP contribution in [0.2, 0.25) is 0 Å². The van der Waals surface area contributed by atoms with E-state index in [1.165, 1.54) is 5.56 Å². The molecule has 0 saturated carbocycles. The minimum absolute atomic E-state index is 0.447. The Hall–Kier alpha value is -1.27. The average Bonchev–Trinajstić information content (AvgIpc) is 2.53. The van der Waals surface area contributed by atoms with Gasteiger partial charge in [-0.25, -0.2) is 0 Å². The average molecular weight is 163 g/mol. The van der Waals surface area contributed by atoms with E-state index in [1.807, 2.05) is 32.3 Å². The molecule has 1 aromatic heterocycles. The predicted octanol–water partition coefficient (Wildman–Crippen LogP) is 1.41. The van der Waals surface area contributed by atoms with Crippen LogP contribution in [0.4, 0.5) is 0 Å². The normalized spacial score (nSPS) is 11.1. The SMILES string of the molecule is CC(C)(C#N)NCc1cc[nH]c1. The first-order valence-electron chi connectivity index (χ1n) is 3.92. The van der Waals surface area contributed by atoms with Crippen molar-refractivity contribution in [3.8, 4) is 6.07 Å². The van der Waals surface area contributed by atoms with Gasteiger partial charge in [-0.1, -0.05) is 0 Å². The number of nitriles is 1. The molecule has 3 heteroatoms. The third kappa shape index (κ3) is 2.40. The van der Waals surface area contributed by atoms with Crippen LogP contribution < -0.4 is 5.32 Å². The van der Waals surface area contributed by atoms with Gasteiger partial charge in [-0.05, 0) is 25.5 Å². The molecule has 0 saturated heterocycles. The van der Waals surface area contributed by atoms with Crippen LogP contribution in [0.3, 0.4) is 0 Å². The van der Waals surface area contributed by atoms with E-state index in [0.717, 1.165) is 6.54 Å². The molecule has 0 unspecified atom stereocenters. The summed E-state index contributed by atoms with van der Waals surface area (Å²) in [6.45, 7) is 4.45. The summed E-state index contributed by atoms with van der Waals surface area (Å²) in [7, 11) is 0. The van der Waals surface area contributed by atoms with E-state index < -0.39 is 5.54 Å². The molecule has 0 bridgehead atoms. The summed E-state index contributed by atoms with van der Waals surface area (Å²) in [6, 6.07) is 4.17. The molecular formula is C9H13N3. The van der Waals surface area contributed by atoms with Crippen LogP contribution in [-0.4, -0.2) is 10.5 Å². The van der Waals surface area contributed by atoms with Crippen molar-refractivity contribution in [2.75, 3.05) is 0 Å². The van der Waals surface area contributed by atoms with Gasteiger partial charge in [0.25, 0.3) is 0 Å². The molecule has 1 heterocycles. The van der Waals surface area contributed by atoms with Gasteiger partial charge in [0.2, 0.25) is 0 Å². The summed E-state index contributed by atoms with van der Waals surface area (Å²) in [4.78, 5) is 2.96. The van der Waals surface area contributed by atoms with E-state index in [4.69, 9.17) is 5.26 Å². The number of hydrogen-bond donors (Lipinski definition) is 2. The Kier molecular flexibility index (Phi) is 2.51. The Bertz CT molecular complexity index is 266. The Morgan fingerprint density at radius 1 is 1.67 bits per heavy atom. The molecule has 2 N–H and O–H groups in total. The Labute approximate surface area is 72.4 Å². The third-order valence-corrected chi connectivity index (χ3v) is 1.68. The molecule has 12 heavy (non-hydrogen) atoms. The zero-order valence-electron chi connectivity index (χ0n) is 7.39. The van der Waals surface area contributed by atoms with Crippen molar-refractivity contribution in [3.05, 3.63) is 24.0 Å². The predicted molar refractivity (Wildman–Crippen MR) is 47.3 cm³/mol. The molecule has 0 radical (unpaired) electrons. The quantitative estimate of drug-likeness (QED) is 0.707. The van der Waals surface area contributed by atoms with Gasteiger partial charge in [0.15, 0.2) is 0 Å². The van der Waals surface area contributed by atoms with Crippen LogP contribution in [-0.2, 0) is 6.54 Å². The van der Waals surface area contributed by atoms with Crippen molar-refractivity contribution in [1.29, 1.82) is 5.26 Å². The van der Waals surface area contributed by atoms with Crippen molar-refractivity contribution in [1.82, 2.24) is 10.3 Å². The maximum absolute atomic E-state index is 8.70. The van der Waals surface area contributed by atoms with Gasteiger partial charge in [0.05, 0.1) is 6.07 Å². The molecule has 0 fully saturated rings. The third-order valence-electron chi connectivity index (χ3n) is 1.68. The second kappa shape index (κ2) is 3.42. The Balaban J connectivity index is 2.42. The van der Waals surface area contributed by atoms with E-state index in [1.54, 1.807) is 0 Å². The first kappa shape index (κ1) is 8.82. The minimum Gasteiger partial charge on any atom is -0.367 e. The molecule has 0 amide bonds. The summed E-state index contributed by atoms with van der Waals surface area (Å²) in [6.07, 6.45) is 3.79. The maximum Gasteiger partial charge on any atom is 0.101 e. The lowest BCUT2D eigenvalue weighted by Crippen LogP contribution is -2.36. The van der Waals surface area contributed by atoms with Crippen molar-refractivity contribution < 1.29 is 0 Å². The maximum atomic E-state index is 8.70. The van der Waals surface area contributed by atoms with Crippen molar-refractivity contribution in [2.24, 2.45) is 0 Å². The molecule has 1 rings (SSSR count). The van der Waals surface area contributed by atoms with Crippen molar-refractivity contribution in [2.45, 2.75) is 25.9 Å². The highest BCUT2D eigenvalue weighted by molar-refractivity contribution is 5.10.